The summed E-state index contributed by atoms with van der Waals surface area (Å²) in [5.74, 6) is 1.25. The Balaban J connectivity index is 2.02. The lowest BCUT2D eigenvalue weighted by Crippen LogP contribution is -2.14. The molecule has 0 unspecified atom stereocenters. The van der Waals surface area contributed by atoms with Crippen molar-refractivity contribution >= 4 is 5.78 Å². The Morgan fingerprint density at radius 1 is 1.00 bits per heavy atom. The molecule has 0 bridgehead atoms. The number of hydrogen-bond donors (Lipinski definition) is 0. The minimum atomic E-state index is 0.0601. The van der Waals surface area contributed by atoms with Crippen LogP contribution in [0.25, 0.3) is 0 Å². The van der Waals surface area contributed by atoms with Crippen molar-refractivity contribution in [3.63, 3.8) is 0 Å². The van der Waals surface area contributed by atoms with Crippen molar-refractivity contribution in [2.24, 2.45) is 0 Å². The van der Waals surface area contributed by atoms with Gasteiger partial charge in [-0.05, 0) is 36.5 Å². The first-order valence-corrected chi connectivity index (χ1v) is 7.08. The highest BCUT2D eigenvalue weighted by atomic mass is 16.5. The van der Waals surface area contributed by atoms with E-state index in [2.05, 4.69) is 6.07 Å². The average Bonchev–Trinajstić information content (AvgIpc) is 2.45. The molecule has 1 fully saturated rings. The number of ether oxygens (including phenoxy) is 1. The lowest BCUT2D eigenvalue weighted by atomic mass is 9.77. The molecule has 2 aromatic carbocycles. The minimum absolute atomic E-state index is 0.0601. The Morgan fingerprint density at radius 2 is 1.65 bits per heavy atom. The molecule has 0 radical (unpaired) electrons. The summed E-state index contributed by atoms with van der Waals surface area (Å²) >= 11 is 0. The van der Waals surface area contributed by atoms with E-state index in [0.717, 1.165) is 5.56 Å². The summed E-state index contributed by atoms with van der Waals surface area (Å²) in [6, 6.07) is 15.4. The highest BCUT2D eigenvalue weighted by molar-refractivity contribution is 6.11. The number of methoxy groups -OCH3 is 1. The van der Waals surface area contributed by atoms with Gasteiger partial charge in [-0.25, -0.2) is 0 Å². The molecule has 0 aliphatic heterocycles. The van der Waals surface area contributed by atoms with Gasteiger partial charge in [0.25, 0.3) is 0 Å². The Kier molecular flexibility index (Phi) is 3.55. The highest BCUT2D eigenvalue weighted by Gasteiger charge is 2.25. The van der Waals surface area contributed by atoms with Gasteiger partial charge in [-0.1, -0.05) is 42.8 Å². The quantitative estimate of drug-likeness (QED) is 0.775. The lowest BCUT2D eigenvalue weighted by molar-refractivity contribution is 0.103. The zero-order chi connectivity index (χ0) is 13.9. The first-order valence-electron chi connectivity index (χ1n) is 7.08. The predicted molar refractivity (Wildman–Crippen MR) is 79.5 cm³/mol. The number of carbonyl (C=O) groups excluding carboxylic acids is 1. The maximum absolute atomic E-state index is 12.8. The zero-order valence-corrected chi connectivity index (χ0v) is 11.6. The van der Waals surface area contributed by atoms with Crippen LogP contribution in [0.3, 0.4) is 0 Å². The van der Waals surface area contributed by atoms with Crippen molar-refractivity contribution in [3.05, 3.63) is 65.2 Å². The molecular formula is C18H18O2. The largest absolute Gasteiger partial charge is 0.496 e. The van der Waals surface area contributed by atoms with E-state index >= 15 is 0 Å². The summed E-state index contributed by atoms with van der Waals surface area (Å²) in [6.45, 7) is 0. The van der Waals surface area contributed by atoms with Gasteiger partial charge in [-0.15, -0.1) is 0 Å². The van der Waals surface area contributed by atoms with E-state index in [9.17, 15) is 4.79 Å². The van der Waals surface area contributed by atoms with Crippen LogP contribution in [0.5, 0.6) is 5.75 Å². The summed E-state index contributed by atoms with van der Waals surface area (Å²) in [4.78, 5) is 12.8. The van der Waals surface area contributed by atoms with Crippen LogP contribution < -0.4 is 4.74 Å². The third-order valence-electron chi connectivity index (χ3n) is 4.10. The summed E-state index contributed by atoms with van der Waals surface area (Å²) in [5.41, 5.74) is 2.65. The lowest BCUT2D eigenvalue weighted by Gasteiger charge is -2.27. The fraction of sp³-hybridized carbons (Fsp3) is 0.278. The number of carbonyl (C=O) groups is 1. The molecule has 1 saturated carbocycles. The summed E-state index contributed by atoms with van der Waals surface area (Å²) < 4.78 is 5.31. The smallest absolute Gasteiger partial charge is 0.197 e. The van der Waals surface area contributed by atoms with Crippen LogP contribution in [0.4, 0.5) is 0 Å². The molecule has 2 heteroatoms. The van der Waals surface area contributed by atoms with Gasteiger partial charge < -0.3 is 4.74 Å². The highest BCUT2D eigenvalue weighted by Crippen LogP contribution is 2.38. The molecule has 0 amide bonds. The summed E-state index contributed by atoms with van der Waals surface area (Å²) in [6.07, 6.45) is 3.65. The van der Waals surface area contributed by atoms with Crippen molar-refractivity contribution in [1.82, 2.24) is 0 Å². The second-order valence-electron chi connectivity index (χ2n) is 5.24. The Hall–Kier alpha value is -2.09. The van der Waals surface area contributed by atoms with Gasteiger partial charge in [0.2, 0.25) is 0 Å². The molecule has 0 aromatic heterocycles. The molecule has 1 aliphatic rings. The summed E-state index contributed by atoms with van der Waals surface area (Å²) in [5, 5.41) is 0. The number of hydrogen-bond acceptors (Lipinski definition) is 2. The number of para-hydroxylation sites is 1. The molecule has 0 spiro atoms. The van der Waals surface area contributed by atoms with Crippen LogP contribution in [0, 0.1) is 0 Å². The van der Waals surface area contributed by atoms with Crippen LogP contribution in [-0.4, -0.2) is 12.9 Å². The third kappa shape index (κ3) is 2.22. The maximum Gasteiger partial charge on any atom is 0.197 e. The predicted octanol–water partition coefficient (Wildman–Crippen LogP) is 4.19. The van der Waals surface area contributed by atoms with Crippen LogP contribution in [0.15, 0.2) is 48.5 Å². The van der Waals surface area contributed by atoms with Gasteiger partial charge in [0, 0.05) is 5.56 Å². The van der Waals surface area contributed by atoms with Gasteiger partial charge in [-0.2, -0.15) is 0 Å². The van der Waals surface area contributed by atoms with Crippen molar-refractivity contribution < 1.29 is 9.53 Å². The second-order valence-corrected chi connectivity index (χ2v) is 5.24. The second kappa shape index (κ2) is 5.49. The van der Waals surface area contributed by atoms with E-state index in [1.54, 1.807) is 7.11 Å². The molecule has 3 rings (SSSR count). The normalized spacial score (nSPS) is 14.7. The maximum atomic E-state index is 12.8. The van der Waals surface area contributed by atoms with Gasteiger partial charge >= 0.3 is 0 Å². The zero-order valence-electron chi connectivity index (χ0n) is 11.6. The first kappa shape index (κ1) is 12.9. The van der Waals surface area contributed by atoms with Crippen molar-refractivity contribution in [1.29, 1.82) is 0 Å². The number of rotatable bonds is 4. The van der Waals surface area contributed by atoms with E-state index in [1.807, 2.05) is 42.5 Å². The molecule has 2 nitrogen and oxygen atoms in total. The van der Waals surface area contributed by atoms with Crippen molar-refractivity contribution in [3.8, 4) is 5.75 Å². The van der Waals surface area contributed by atoms with Gasteiger partial charge in [0.15, 0.2) is 5.78 Å². The Bertz CT molecular complexity index is 627. The fourth-order valence-corrected chi connectivity index (χ4v) is 2.76. The van der Waals surface area contributed by atoms with E-state index in [0.29, 0.717) is 17.2 Å². The molecule has 0 saturated heterocycles. The minimum Gasteiger partial charge on any atom is -0.496 e. The average molecular weight is 266 g/mol. The molecule has 2 aromatic rings. The topological polar surface area (TPSA) is 26.3 Å². The van der Waals surface area contributed by atoms with Gasteiger partial charge in [-0.3, -0.25) is 4.79 Å². The van der Waals surface area contributed by atoms with E-state index in [-0.39, 0.29) is 5.78 Å². The molecule has 0 atom stereocenters. The van der Waals surface area contributed by atoms with Gasteiger partial charge in [0.05, 0.1) is 12.7 Å². The summed E-state index contributed by atoms with van der Waals surface area (Å²) in [7, 11) is 1.60. The molecule has 20 heavy (non-hydrogen) atoms. The molecule has 1 aliphatic carbocycles. The Labute approximate surface area is 119 Å². The van der Waals surface area contributed by atoms with Crippen molar-refractivity contribution in [2.75, 3.05) is 7.11 Å². The molecular weight excluding hydrogens is 248 g/mol. The number of benzene rings is 2. The van der Waals surface area contributed by atoms with E-state index in [4.69, 9.17) is 4.74 Å². The SMILES string of the molecule is COc1ccccc1C(=O)c1ccccc1C1CCC1. The molecule has 102 valence electrons. The number of ketones is 1. The third-order valence-corrected chi connectivity index (χ3v) is 4.10. The van der Waals surface area contributed by atoms with Crippen LogP contribution in [0.1, 0.15) is 46.7 Å². The van der Waals surface area contributed by atoms with Crippen LogP contribution >= 0.6 is 0 Å². The Morgan fingerprint density at radius 3 is 2.30 bits per heavy atom. The van der Waals surface area contributed by atoms with Crippen molar-refractivity contribution in [2.45, 2.75) is 25.2 Å². The molecule has 0 N–H and O–H groups in total. The van der Waals surface area contributed by atoms with E-state index in [1.165, 1.54) is 24.8 Å². The monoisotopic (exact) mass is 266 g/mol. The molecule has 0 heterocycles. The van der Waals surface area contributed by atoms with Gasteiger partial charge in [0.1, 0.15) is 5.75 Å². The van der Waals surface area contributed by atoms with Crippen LogP contribution in [0.2, 0.25) is 0 Å². The standard InChI is InChI=1S/C18H18O2/c1-20-17-12-5-4-11-16(17)18(19)15-10-3-2-9-14(15)13-7-6-8-13/h2-5,9-13H,6-8H2,1H3. The van der Waals surface area contributed by atoms with Crippen LogP contribution in [-0.2, 0) is 0 Å². The first-order chi connectivity index (χ1) is 9.81. The fourth-order valence-electron chi connectivity index (χ4n) is 2.76. The van der Waals surface area contributed by atoms with E-state index < -0.39 is 0 Å².